The number of rotatable bonds is 8. The van der Waals surface area contributed by atoms with Gasteiger partial charge in [0.15, 0.2) is 0 Å². The molecule has 3 aromatic rings. The lowest BCUT2D eigenvalue weighted by Crippen LogP contribution is -2.25. The van der Waals surface area contributed by atoms with Gasteiger partial charge in [-0.2, -0.15) is 33.2 Å². The van der Waals surface area contributed by atoms with Crippen LogP contribution >= 0.6 is 11.6 Å². The highest BCUT2D eigenvalue weighted by molar-refractivity contribution is 6.31. The van der Waals surface area contributed by atoms with Crippen LogP contribution in [0.4, 0.5) is 36.7 Å². The Labute approximate surface area is 194 Å². The topological polar surface area (TPSA) is 78.3 Å². The highest BCUT2D eigenvalue weighted by Gasteiger charge is 2.32. The first-order valence-electron chi connectivity index (χ1n) is 10.2. The van der Waals surface area contributed by atoms with Gasteiger partial charge in [-0.3, -0.25) is 0 Å². The predicted octanol–water partition coefficient (Wildman–Crippen LogP) is 5.89. The second-order valence-corrected chi connectivity index (χ2v) is 7.41. The van der Waals surface area contributed by atoms with E-state index in [0.29, 0.717) is 29.7 Å². The fourth-order valence-corrected chi connectivity index (χ4v) is 3.13. The number of hydrogen-bond donors (Lipinski definition) is 2. The molecule has 0 spiro atoms. The van der Waals surface area contributed by atoms with Crippen LogP contribution in [0.1, 0.15) is 30.5 Å². The number of nitrogens with zero attached hydrogens (tertiary/aromatic N) is 5. The van der Waals surface area contributed by atoms with Crippen molar-refractivity contribution in [3.63, 3.8) is 0 Å². The summed E-state index contributed by atoms with van der Waals surface area (Å²) in [7, 11) is 0. The first kappa shape index (κ1) is 24.2. The van der Waals surface area contributed by atoms with Gasteiger partial charge in [0.1, 0.15) is 0 Å². The van der Waals surface area contributed by atoms with Crippen LogP contribution in [0, 0.1) is 6.92 Å². The molecular weight excluding hydrogens is 455 g/mol. The minimum absolute atomic E-state index is 0.0772. The van der Waals surface area contributed by atoms with Crippen molar-refractivity contribution in [2.75, 3.05) is 28.7 Å². The Morgan fingerprint density at radius 2 is 1.73 bits per heavy atom. The number of hydrogen-bond acceptors (Lipinski definition) is 7. The highest BCUT2D eigenvalue weighted by Crippen LogP contribution is 2.31. The smallest absolute Gasteiger partial charge is 0.341 e. The van der Waals surface area contributed by atoms with Crippen LogP contribution < -0.4 is 15.6 Å². The van der Waals surface area contributed by atoms with Gasteiger partial charge in [-0.1, -0.05) is 35.9 Å². The van der Waals surface area contributed by atoms with E-state index < -0.39 is 11.7 Å². The number of aryl methyl sites for hydroxylation is 1. The summed E-state index contributed by atoms with van der Waals surface area (Å²) in [6.45, 7) is 7.11. The predicted molar refractivity (Wildman–Crippen MR) is 126 cm³/mol. The third-order valence-electron chi connectivity index (χ3n) is 4.73. The summed E-state index contributed by atoms with van der Waals surface area (Å²) < 4.78 is 39.6. The van der Waals surface area contributed by atoms with Gasteiger partial charge in [0, 0.05) is 29.4 Å². The molecule has 11 heteroatoms. The molecule has 33 heavy (non-hydrogen) atoms. The Balaban J connectivity index is 1.89. The van der Waals surface area contributed by atoms with Gasteiger partial charge in [-0.05, 0) is 44.5 Å². The molecule has 2 aromatic carbocycles. The lowest BCUT2D eigenvalue weighted by molar-refractivity contribution is -0.137. The van der Waals surface area contributed by atoms with E-state index in [1.807, 2.05) is 37.8 Å². The van der Waals surface area contributed by atoms with Crippen molar-refractivity contribution in [3.05, 3.63) is 64.2 Å². The molecule has 0 bridgehead atoms. The van der Waals surface area contributed by atoms with Crippen molar-refractivity contribution in [2.24, 2.45) is 5.10 Å². The molecule has 0 amide bonds. The zero-order chi connectivity index (χ0) is 24.0. The second kappa shape index (κ2) is 10.5. The monoisotopic (exact) mass is 477 g/mol. The van der Waals surface area contributed by atoms with Crippen LogP contribution in [0.5, 0.6) is 0 Å². The number of nitrogens with one attached hydrogen (secondary N) is 2. The molecule has 1 heterocycles. The molecular formula is C22H23ClF3N7. The number of hydrazone groups is 1. The minimum atomic E-state index is -4.49. The average molecular weight is 478 g/mol. The molecule has 0 atom stereocenters. The number of aromatic nitrogens is 3. The van der Waals surface area contributed by atoms with Crippen molar-refractivity contribution in [1.29, 1.82) is 0 Å². The molecule has 0 saturated carbocycles. The van der Waals surface area contributed by atoms with Crippen LogP contribution in [0.25, 0.3) is 0 Å². The van der Waals surface area contributed by atoms with Crippen molar-refractivity contribution in [2.45, 2.75) is 26.9 Å². The number of alkyl halides is 3. The first-order valence-corrected chi connectivity index (χ1v) is 10.6. The summed E-state index contributed by atoms with van der Waals surface area (Å²) in [5.74, 6) is 0.706. The normalized spacial score (nSPS) is 11.6. The van der Waals surface area contributed by atoms with Crippen LogP contribution in [0.3, 0.4) is 0 Å². The fraction of sp³-hybridized carbons (Fsp3) is 0.273. The Bertz CT molecular complexity index is 1130. The highest BCUT2D eigenvalue weighted by atomic mass is 35.5. The molecule has 0 aliphatic rings. The van der Waals surface area contributed by atoms with Gasteiger partial charge in [0.05, 0.1) is 11.8 Å². The SMILES string of the molecule is CCN(CC)c1nc(N/N=C/c2ccccc2C(F)(F)F)nc(Nc2ccc(C)c(Cl)c2)n1. The zero-order valence-electron chi connectivity index (χ0n) is 18.3. The molecule has 7 nitrogen and oxygen atoms in total. The van der Waals surface area contributed by atoms with E-state index in [2.05, 4.69) is 30.8 Å². The quantitative estimate of drug-likeness (QED) is 0.311. The summed E-state index contributed by atoms with van der Waals surface area (Å²) in [5, 5.41) is 7.58. The van der Waals surface area contributed by atoms with Gasteiger partial charge in [0.2, 0.25) is 17.8 Å². The van der Waals surface area contributed by atoms with Gasteiger partial charge in [-0.15, -0.1) is 0 Å². The summed E-state index contributed by atoms with van der Waals surface area (Å²) in [6, 6.07) is 10.6. The number of anilines is 4. The Morgan fingerprint density at radius 1 is 1.03 bits per heavy atom. The second-order valence-electron chi connectivity index (χ2n) is 7.00. The van der Waals surface area contributed by atoms with Crippen LogP contribution in [-0.4, -0.2) is 34.3 Å². The van der Waals surface area contributed by atoms with E-state index in [9.17, 15) is 13.2 Å². The summed E-state index contributed by atoms with van der Waals surface area (Å²) >= 11 is 6.20. The lowest BCUT2D eigenvalue weighted by Gasteiger charge is -2.19. The van der Waals surface area contributed by atoms with Crippen molar-refractivity contribution >= 4 is 41.3 Å². The van der Waals surface area contributed by atoms with Crippen LogP contribution in [-0.2, 0) is 6.18 Å². The molecule has 174 valence electrons. The summed E-state index contributed by atoms with van der Waals surface area (Å²) in [6.07, 6.45) is -3.41. The van der Waals surface area contributed by atoms with E-state index in [4.69, 9.17) is 11.6 Å². The Morgan fingerprint density at radius 3 is 2.39 bits per heavy atom. The largest absolute Gasteiger partial charge is 0.417 e. The standard InChI is InChI=1S/C22H23ClF3N7/c1-4-33(5-2)21-30-19(28-16-11-10-14(3)18(23)12-16)29-20(31-21)32-27-13-15-8-6-7-9-17(15)22(24,25)26/h6-13H,4-5H2,1-3H3,(H2,28,29,30,31,32)/b27-13+. The molecule has 0 radical (unpaired) electrons. The molecule has 0 unspecified atom stereocenters. The van der Waals surface area contributed by atoms with Crippen molar-refractivity contribution in [3.8, 4) is 0 Å². The summed E-state index contributed by atoms with van der Waals surface area (Å²) in [4.78, 5) is 15.0. The number of halogens is 4. The maximum atomic E-state index is 13.2. The molecule has 1 aromatic heterocycles. The van der Waals surface area contributed by atoms with E-state index in [-0.39, 0.29) is 17.5 Å². The molecule has 0 aliphatic carbocycles. The van der Waals surface area contributed by atoms with Gasteiger partial charge < -0.3 is 10.2 Å². The molecule has 0 fully saturated rings. The van der Waals surface area contributed by atoms with E-state index in [1.165, 1.54) is 18.2 Å². The van der Waals surface area contributed by atoms with Gasteiger partial charge in [-0.25, -0.2) is 5.43 Å². The Kier molecular flexibility index (Phi) is 7.70. The van der Waals surface area contributed by atoms with Gasteiger partial charge >= 0.3 is 6.18 Å². The van der Waals surface area contributed by atoms with Gasteiger partial charge in [0.25, 0.3) is 0 Å². The van der Waals surface area contributed by atoms with E-state index in [1.54, 1.807) is 6.07 Å². The van der Waals surface area contributed by atoms with Crippen LogP contribution in [0.15, 0.2) is 47.6 Å². The fourth-order valence-electron chi connectivity index (χ4n) is 2.95. The lowest BCUT2D eigenvalue weighted by atomic mass is 10.1. The molecule has 0 aliphatic heterocycles. The maximum Gasteiger partial charge on any atom is 0.417 e. The minimum Gasteiger partial charge on any atom is -0.341 e. The summed E-state index contributed by atoms with van der Waals surface area (Å²) in [5.41, 5.74) is 3.35. The van der Waals surface area contributed by atoms with E-state index >= 15 is 0 Å². The van der Waals surface area contributed by atoms with Crippen molar-refractivity contribution in [1.82, 2.24) is 15.0 Å². The maximum absolute atomic E-state index is 13.2. The zero-order valence-corrected chi connectivity index (χ0v) is 19.0. The third-order valence-corrected chi connectivity index (χ3v) is 5.14. The van der Waals surface area contributed by atoms with Crippen molar-refractivity contribution < 1.29 is 13.2 Å². The van der Waals surface area contributed by atoms with Crippen LogP contribution in [0.2, 0.25) is 5.02 Å². The molecule has 0 saturated heterocycles. The Hall–Kier alpha value is -3.40. The first-order chi connectivity index (χ1) is 15.7. The third kappa shape index (κ3) is 6.32. The number of benzene rings is 2. The average Bonchev–Trinajstić information content (AvgIpc) is 2.77. The van der Waals surface area contributed by atoms with E-state index in [0.717, 1.165) is 17.8 Å². The molecule has 3 rings (SSSR count). The molecule has 2 N–H and O–H groups in total.